The highest BCUT2D eigenvalue weighted by Gasteiger charge is 2.32. The molecule has 0 unspecified atom stereocenters. The van der Waals surface area contributed by atoms with Gasteiger partial charge in [0, 0.05) is 7.05 Å². The number of anilines is 1. The molecule has 0 heterocycles. The number of carboxylic acid groups (broad SMARTS) is 1. The lowest BCUT2D eigenvalue weighted by Crippen LogP contribution is -2.27. The Morgan fingerprint density at radius 3 is 2.36 bits per heavy atom. The molecule has 0 saturated heterocycles. The van der Waals surface area contributed by atoms with Crippen LogP contribution in [0, 0.1) is 0 Å². The molecule has 0 aliphatic carbocycles. The molecule has 0 fully saturated rings. The van der Waals surface area contributed by atoms with Gasteiger partial charge in [-0.15, -0.1) is 0 Å². The van der Waals surface area contributed by atoms with Gasteiger partial charge in [-0.3, -0.25) is 4.31 Å². The number of nitrogens with zero attached hydrogens (tertiary/aromatic N) is 1. The summed E-state index contributed by atoms with van der Waals surface area (Å²) < 4.78 is 64.3. The summed E-state index contributed by atoms with van der Waals surface area (Å²) in [6.07, 6.45) is -4.67. The fourth-order valence-corrected chi connectivity index (χ4v) is 3.55. The maximum atomic E-state index is 12.8. The second kappa shape index (κ2) is 6.57. The van der Waals surface area contributed by atoms with Crippen LogP contribution in [0.3, 0.4) is 0 Å². The van der Waals surface area contributed by atoms with Gasteiger partial charge in [0.1, 0.15) is 0 Å². The van der Waals surface area contributed by atoms with Crippen molar-refractivity contribution in [1.82, 2.24) is 0 Å². The first kappa shape index (κ1) is 19.1. The third-order valence-electron chi connectivity index (χ3n) is 3.35. The number of halogens is 4. The van der Waals surface area contributed by atoms with Crippen LogP contribution in [0.5, 0.6) is 0 Å². The molecule has 2 aromatic rings. The van der Waals surface area contributed by atoms with Crippen LogP contribution >= 0.6 is 11.6 Å². The maximum absolute atomic E-state index is 12.8. The molecule has 0 amide bonds. The van der Waals surface area contributed by atoms with E-state index in [0.717, 1.165) is 31.3 Å². The summed E-state index contributed by atoms with van der Waals surface area (Å²) >= 11 is 5.85. The number of benzene rings is 2. The van der Waals surface area contributed by atoms with Crippen LogP contribution in [0.2, 0.25) is 5.02 Å². The third-order valence-corrected chi connectivity index (χ3v) is 5.44. The van der Waals surface area contributed by atoms with Crippen LogP contribution in [-0.2, 0) is 16.2 Å². The van der Waals surface area contributed by atoms with Gasteiger partial charge in [0.25, 0.3) is 10.0 Å². The number of carbonyl (C=O) groups is 1. The minimum absolute atomic E-state index is 0.200. The minimum atomic E-state index is -4.67. The van der Waals surface area contributed by atoms with Gasteiger partial charge in [-0.25, -0.2) is 13.2 Å². The Hall–Kier alpha value is -2.26. The van der Waals surface area contributed by atoms with Crippen molar-refractivity contribution in [2.45, 2.75) is 11.1 Å². The van der Waals surface area contributed by atoms with E-state index >= 15 is 0 Å². The van der Waals surface area contributed by atoms with Crippen molar-refractivity contribution in [1.29, 1.82) is 0 Å². The number of hydrogen-bond acceptors (Lipinski definition) is 3. The summed E-state index contributed by atoms with van der Waals surface area (Å²) in [7, 11) is -3.28. The second-order valence-corrected chi connectivity index (χ2v) is 7.35. The Balaban J connectivity index is 2.54. The fraction of sp³-hybridized carbons (Fsp3) is 0.133. The van der Waals surface area contributed by atoms with Crippen molar-refractivity contribution in [3.63, 3.8) is 0 Å². The standard InChI is InChI=1S/C15H11ClF3NO4S/c1-20(13-8-10(15(17,18)19)5-6-12(13)16)25(23,24)11-4-2-3-9(7-11)14(21)22/h2-8H,1H3,(H,21,22). The van der Waals surface area contributed by atoms with Gasteiger partial charge in [0.15, 0.2) is 0 Å². The molecular formula is C15H11ClF3NO4S. The van der Waals surface area contributed by atoms with Crippen molar-refractivity contribution in [2.24, 2.45) is 0 Å². The lowest BCUT2D eigenvalue weighted by Gasteiger charge is -2.22. The molecule has 0 saturated carbocycles. The van der Waals surface area contributed by atoms with E-state index in [4.69, 9.17) is 16.7 Å². The second-order valence-electron chi connectivity index (χ2n) is 4.97. The lowest BCUT2D eigenvalue weighted by molar-refractivity contribution is -0.137. The average molecular weight is 394 g/mol. The Labute approximate surface area is 146 Å². The average Bonchev–Trinajstić information content (AvgIpc) is 2.53. The molecule has 0 aromatic heterocycles. The summed E-state index contributed by atoms with van der Waals surface area (Å²) in [5, 5.41) is 8.75. The summed E-state index contributed by atoms with van der Waals surface area (Å²) in [6, 6.07) is 6.75. The van der Waals surface area contributed by atoms with Crippen LogP contribution < -0.4 is 4.31 Å². The molecule has 2 rings (SSSR count). The first-order valence-electron chi connectivity index (χ1n) is 6.63. The van der Waals surface area contributed by atoms with Crippen LogP contribution in [0.4, 0.5) is 18.9 Å². The summed E-state index contributed by atoms with van der Waals surface area (Å²) in [6.45, 7) is 0. The van der Waals surface area contributed by atoms with Crippen molar-refractivity contribution in [3.8, 4) is 0 Å². The Bertz CT molecular complexity index is 929. The van der Waals surface area contributed by atoms with Crippen LogP contribution in [0.15, 0.2) is 47.4 Å². The van der Waals surface area contributed by atoms with E-state index in [9.17, 15) is 26.4 Å². The van der Waals surface area contributed by atoms with Crippen LogP contribution in [0.25, 0.3) is 0 Å². The smallest absolute Gasteiger partial charge is 0.416 e. The Morgan fingerprint density at radius 1 is 1.16 bits per heavy atom. The number of carboxylic acids is 1. The van der Waals surface area contributed by atoms with Gasteiger partial charge in [-0.1, -0.05) is 17.7 Å². The highest BCUT2D eigenvalue weighted by Crippen LogP contribution is 2.36. The number of alkyl halides is 3. The fourth-order valence-electron chi connectivity index (χ4n) is 2.01. The molecule has 1 N–H and O–H groups in total. The minimum Gasteiger partial charge on any atom is -0.478 e. The van der Waals surface area contributed by atoms with Crippen molar-refractivity contribution < 1.29 is 31.5 Å². The topological polar surface area (TPSA) is 74.7 Å². The van der Waals surface area contributed by atoms with E-state index < -0.39 is 27.7 Å². The number of hydrogen-bond donors (Lipinski definition) is 1. The molecule has 134 valence electrons. The first-order valence-corrected chi connectivity index (χ1v) is 8.45. The third kappa shape index (κ3) is 3.88. The van der Waals surface area contributed by atoms with Gasteiger partial charge in [-0.05, 0) is 36.4 Å². The molecule has 2 aromatic carbocycles. The van der Waals surface area contributed by atoms with E-state index in [2.05, 4.69) is 0 Å². The van der Waals surface area contributed by atoms with Gasteiger partial charge in [-0.2, -0.15) is 13.2 Å². The van der Waals surface area contributed by atoms with Crippen molar-refractivity contribution >= 4 is 33.3 Å². The molecule has 0 aliphatic heterocycles. The molecule has 0 atom stereocenters. The predicted molar refractivity (Wildman–Crippen MR) is 85.4 cm³/mol. The zero-order valence-corrected chi connectivity index (χ0v) is 14.2. The molecular weight excluding hydrogens is 383 g/mol. The normalized spacial score (nSPS) is 12.0. The molecule has 0 radical (unpaired) electrons. The van der Waals surface area contributed by atoms with Crippen molar-refractivity contribution in [2.75, 3.05) is 11.4 Å². The van der Waals surface area contributed by atoms with Gasteiger partial charge < -0.3 is 5.11 Å². The highest BCUT2D eigenvalue weighted by molar-refractivity contribution is 7.92. The van der Waals surface area contributed by atoms with Gasteiger partial charge in [0.05, 0.1) is 26.7 Å². The molecule has 0 spiro atoms. The number of aromatic carboxylic acids is 1. The molecule has 0 bridgehead atoms. The SMILES string of the molecule is CN(c1cc(C(F)(F)F)ccc1Cl)S(=O)(=O)c1cccc(C(=O)O)c1. The monoisotopic (exact) mass is 393 g/mol. The van der Waals surface area contributed by atoms with Crippen molar-refractivity contribution in [3.05, 3.63) is 58.6 Å². The van der Waals surface area contributed by atoms with E-state index in [0.29, 0.717) is 10.4 Å². The predicted octanol–water partition coefficient (Wildman–Crippen LogP) is 3.88. The van der Waals surface area contributed by atoms with E-state index in [1.807, 2.05) is 0 Å². The molecule has 0 aliphatic rings. The largest absolute Gasteiger partial charge is 0.478 e. The van der Waals surface area contributed by atoms with E-state index in [1.54, 1.807) is 0 Å². The number of rotatable bonds is 4. The highest BCUT2D eigenvalue weighted by atomic mass is 35.5. The van der Waals surface area contributed by atoms with Crippen LogP contribution in [0.1, 0.15) is 15.9 Å². The van der Waals surface area contributed by atoms with Gasteiger partial charge >= 0.3 is 12.1 Å². The Kier molecular flexibility index (Phi) is 5.01. The summed E-state index contributed by atoms with van der Waals surface area (Å²) in [5.74, 6) is -1.34. The summed E-state index contributed by atoms with van der Waals surface area (Å²) in [5.41, 5.74) is -1.71. The summed E-state index contributed by atoms with van der Waals surface area (Å²) in [4.78, 5) is 10.6. The van der Waals surface area contributed by atoms with Gasteiger partial charge in [0.2, 0.25) is 0 Å². The molecule has 25 heavy (non-hydrogen) atoms. The quantitative estimate of drug-likeness (QED) is 0.855. The first-order chi connectivity index (χ1) is 11.4. The Morgan fingerprint density at radius 2 is 1.80 bits per heavy atom. The van der Waals surface area contributed by atoms with E-state index in [-0.39, 0.29) is 21.2 Å². The maximum Gasteiger partial charge on any atom is 0.416 e. The van der Waals surface area contributed by atoms with E-state index in [1.165, 1.54) is 12.1 Å². The zero-order chi connectivity index (χ0) is 19.0. The van der Waals surface area contributed by atoms with Crippen LogP contribution in [-0.4, -0.2) is 26.5 Å². The zero-order valence-electron chi connectivity index (χ0n) is 12.6. The molecule has 5 nitrogen and oxygen atoms in total. The number of sulfonamides is 1. The lowest BCUT2D eigenvalue weighted by atomic mass is 10.2. The molecule has 10 heteroatoms.